The number of allylic oxidation sites excluding steroid dienone is 1. The van der Waals surface area contributed by atoms with Gasteiger partial charge in [-0.1, -0.05) is 60.7 Å². The molecule has 0 saturated heterocycles. The third-order valence-electron chi connectivity index (χ3n) is 6.02. The minimum Gasteiger partial charge on any atom is -0.490 e. The van der Waals surface area contributed by atoms with Gasteiger partial charge in [0, 0.05) is 11.3 Å². The van der Waals surface area contributed by atoms with E-state index in [0.29, 0.717) is 42.4 Å². The number of ether oxygens (including phenoxy) is 2. The van der Waals surface area contributed by atoms with E-state index in [2.05, 4.69) is 36.2 Å². The van der Waals surface area contributed by atoms with E-state index >= 15 is 0 Å². The Morgan fingerprint density at radius 2 is 1.79 bits per heavy atom. The molecule has 5 heteroatoms. The normalized spacial score (nSPS) is 11.0. The number of hydrogen-bond acceptors (Lipinski definition) is 4. The molecule has 0 radical (unpaired) electrons. The SMILES string of the molecule is C=CCc1cc(/C=C(\C#N)C(=O)Nc2cccc(C)c2)cc(OCC)c1OCc1cccc2ccccc12. The van der Waals surface area contributed by atoms with E-state index in [4.69, 9.17) is 9.47 Å². The lowest BCUT2D eigenvalue weighted by molar-refractivity contribution is -0.112. The van der Waals surface area contributed by atoms with Gasteiger partial charge in [0.25, 0.3) is 5.91 Å². The molecule has 4 aromatic carbocycles. The number of carbonyl (C=O) groups is 1. The van der Waals surface area contributed by atoms with Crippen molar-refractivity contribution < 1.29 is 14.3 Å². The molecule has 5 nitrogen and oxygen atoms in total. The molecule has 0 aliphatic rings. The van der Waals surface area contributed by atoms with Gasteiger partial charge in [0.1, 0.15) is 18.2 Å². The van der Waals surface area contributed by atoms with Gasteiger partial charge in [0.2, 0.25) is 0 Å². The summed E-state index contributed by atoms with van der Waals surface area (Å²) in [6.45, 7) is 8.54. The summed E-state index contributed by atoms with van der Waals surface area (Å²) in [5.41, 5.74) is 4.23. The first-order valence-electron chi connectivity index (χ1n) is 12.5. The van der Waals surface area contributed by atoms with Crippen LogP contribution in [0.5, 0.6) is 11.5 Å². The van der Waals surface area contributed by atoms with Gasteiger partial charge in [-0.25, -0.2) is 0 Å². The summed E-state index contributed by atoms with van der Waals surface area (Å²) in [6, 6.07) is 27.5. The Labute approximate surface area is 223 Å². The average Bonchev–Trinajstić information content (AvgIpc) is 2.91. The standard InChI is InChI=1S/C33H30N2O3/c1-4-10-26-18-24(19-28(21-34)33(36)35-29-15-8-11-23(3)17-29)20-31(37-5-2)32(26)38-22-27-14-9-13-25-12-6-7-16-30(25)27/h4,6-9,11-20H,1,5,10,22H2,2-3H3,(H,35,36)/b28-19+. The van der Waals surface area contributed by atoms with Crippen molar-refractivity contribution in [1.82, 2.24) is 0 Å². The molecule has 4 aromatic rings. The van der Waals surface area contributed by atoms with Gasteiger partial charge in [-0.2, -0.15) is 5.26 Å². The molecule has 38 heavy (non-hydrogen) atoms. The molecule has 0 atom stereocenters. The Morgan fingerprint density at radius 1 is 1.00 bits per heavy atom. The fourth-order valence-corrected chi connectivity index (χ4v) is 4.31. The van der Waals surface area contributed by atoms with Crippen LogP contribution in [-0.4, -0.2) is 12.5 Å². The van der Waals surface area contributed by atoms with Crippen molar-refractivity contribution in [3.8, 4) is 17.6 Å². The van der Waals surface area contributed by atoms with E-state index in [9.17, 15) is 10.1 Å². The van der Waals surface area contributed by atoms with Crippen LogP contribution < -0.4 is 14.8 Å². The highest BCUT2D eigenvalue weighted by atomic mass is 16.5. The molecule has 0 bridgehead atoms. The lowest BCUT2D eigenvalue weighted by Crippen LogP contribution is -2.13. The number of carbonyl (C=O) groups excluding carboxylic acids is 1. The van der Waals surface area contributed by atoms with Gasteiger partial charge in [-0.15, -0.1) is 6.58 Å². The van der Waals surface area contributed by atoms with Crippen molar-refractivity contribution >= 4 is 28.4 Å². The number of benzene rings is 4. The second-order valence-electron chi connectivity index (χ2n) is 8.85. The molecular formula is C33H30N2O3. The van der Waals surface area contributed by atoms with Crippen molar-refractivity contribution in [3.63, 3.8) is 0 Å². The van der Waals surface area contributed by atoms with Gasteiger partial charge in [0.15, 0.2) is 11.5 Å². The fourth-order valence-electron chi connectivity index (χ4n) is 4.31. The van der Waals surface area contributed by atoms with Crippen molar-refractivity contribution in [2.24, 2.45) is 0 Å². The number of anilines is 1. The summed E-state index contributed by atoms with van der Waals surface area (Å²) in [5, 5.41) is 14.8. The Balaban J connectivity index is 1.66. The number of rotatable bonds is 10. The molecule has 0 fully saturated rings. The largest absolute Gasteiger partial charge is 0.490 e. The highest BCUT2D eigenvalue weighted by Gasteiger charge is 2.16. The first kappa shape index (κ1) is 26.2. The number of fused-ring (bicyclic) bond motifs is 1. The van der Waals surface area contributed by atoms with Crippen LogP contribution in [0.3, 0.4) is 0 Å². The molecular weight excluding hydrogens is 472 g/mol. The number of nitrogens with one attached hydrogen (secondary N) is 1. The maximum absolute atomic E-state index is 12.8. The Bertz CT molecular complexity index is 1540. The molecule has 0 aliphatic carbocycles. The highest BCUT2D eigenvalue weighted by Crippen LogP contribution is 2.36. The zero-order valence-corrected chi connectivity index (χ0v) is 21.7. The van der Waals surface area contributed by atoms with E-state index < -0.39 is 5.91 Å². The van der Waals surface area contributed by atoms with Crippen LogP contribution in [0.4, 0.5) is 5.69 Å². The Kier molecular flexibility index (Phi) is 8.58. The quantitative estimate of drug-likeness (QED) is 0.139. The summed E-state index contributed by atoms with van der Waals surface area (Å²) in [7, 11) is 0. The van der Waals surface area contributed by atoms with Gasteiger partial charge in [-0.3, -0.25) is 4.79 Å². The number of amides is 1. The molecule has 4 rings (SSSR count). The second kappa shape index (κ2) is 12.4. The molecule has 0 spiro atoms. The number of aryl methyl sites for hydroxylation is 1. The Morgan fingerprint density at radius 3 is 2.55 bits per heavy atom. The summed E-state index contributed by atoms with van der Waals surface area (Å²) in [5.74, 6) is 0.701. The first-order chi connectivity index (χ1) is 18.5. The minimum atomic E-state index is -0.474. The molecule has 0 saturated carbocycles. The third kappa shape index (κ3) is 6.29. The van der Waals surface area contributed by atoms with Crippen molar-refractivity contribution in [3.05, 3.63) is 119 Å². The minimum absolute atomic E-state index is 0.0112. The van der Waals surface area contributed by atoms with Crippen molar-refractivity contribution in [2.45, 2.75) is 26.9 Å². The molecule has 190 valence electrons. The van der Waals surface area contributed by atoms with Crippen LogP contribution in [-0.2, 0) is 17.8 Å². The van der Waals surface area contributed by atoms with Crippen LogP contribution in [0.15, 0.2) is 97.1 Å². The van der Waals surface area contributed by atoms with E-state index in [1.54, 1.807) is 24.3 Å². The fraction of sp³-hybridized carbons (Fsp3) is 0.152. The number of nitriles is 1. The first-order valence-corrected chi connectivity index (χ1v) is 12.5. The van der Waals surface area contributed by atoms with Gasteiger partial charge in [-0.05, 0) is 78.1 Å². The average molecular weight is 503 g/mol. The predicted molar refractivity (Wildman–Crippen MR) is 153 cm³/mol. The predicted octanol–water partition coefficient (Wildman–Crippen LogP) is 7.40. The lowest BCUT2D eigenvalue weighted by atomic mass is 10.0. The van der Waals surface area contributed by atoms with Crippen LogP contribution in [0.25, 0.3) is 16.8 Å². The van der Waals surface area contributed by atoms with Crippen LogP contribution in [0, 0.1) is 18.3 Å². The van der Waals surface area contributed by atoms with Crippen LogP contribution >= 0.6 is 0 Å². The van der Waals surface area contributed by atoms with E-state index in [0.717, 1.165) is 27.5 Å². The highest BCUT2D eigenvalue weighted by molar-refractivity contribution is 6.09. The van der Waals surface area contributed by atoms with Gasteiger partial charge >= 0.3 is 0 Å². The third-order valence-corrected chi connectivity index (χ3v) is 6.02. The van der Waals surface area contributed by atoms with E-state index in [1.165, 1.54) is 0 Å². The van der Waals surface area contributed by atoms with E-state index in [-0.39, 0.29) is 5.57 Å². The lowest BCUT2D eigenvalue weighted by Gasteiger charge is -2.17. The second-order valence-corrected chi connectivity index (χ2v) is 8.85. The maximum atomic E-state index is 12.8. The van der Waals surface area contributed by atoms with Crippen molar-refractivity contribution in [2.75, 3.05) is 11.9 Å². The molecule has 0 heterocycles. The van der Waals surface area contributed by atoms with Crippen molar-refractivity contribution in [1.29, 1.82) is 5.26 Å². The zero-order chi connectivity index (χ0) is 26.9. The molecule has 1 amide bonds. The van der Waals surface area contributed by atoms with Crippen LogP contribution in [0.2, 0.25) is 0 Å². The molecule has 0 aliphatic heterocycles. The number of nitrogens with zero attached hydrogens (tertiary/aromatic N) is 1. The summed E-state index contributed by atoms with van der Waals surface area (Å²) in [6.07, 6.45) is 3.89. The van der Waals surface area contributed by atoms with Crippen LogP contribution in [0.1, 0.15) is 29.2 Å². The molecule has 0 aromatic heterocycles. The summed E-state index contributed by atoms with van der Waals surface area (Å²) in [4.78, 5) is 12.8. The number of hydrogen-bond donors (Lipinski definition) is 1. The molecule has 1 N–H and O–H groups in total. The summed E-state index contributed by atoms with van der Waals surface area (Å²) >= 11 is 0. The Hall–Kier alpha value is -4.82. The van der Waals surface area contributed by atoms with E-state index in [1.807, 2.05) is 62.4 Å². The van der Waals surface area contributed by atoms with Gasteiger partial charge in [0.05, 0.1) is 6.61 Å². The topological polar surface area (TPSA) is 71.4 Å². The smallest absolute Gasteiger partial charge is 0.266 e. The van der Waals surface area contributed by atoms with Gasteiger partial charge < -0.3 is 14.8 Å². The monoisotopic (exact) mass is 502 g/mol. The summed E-state index contributed by atoms with van der Waals surface area (Å²) < 4.78 is 12.3. The zero-order valence-electron chi connectivity index (χ0n) is 21.7. The maximum Gasteiger partial charge on any atom is 0.266 e. The molecule has 0 unspecified atom stereocenters.